The molecule has 2 N–H and O–H groups in total. The van der Waals surface area contributed by atoms with Gasteiger partial charge in [-0.25, -0.2) is 4.39 Å². The predicted molar refractivity (Wildman–Crippen MR) is 65.9 cm³/mol. The van der Waals surface area contributed by atoms with E-state index in [0.29, 0.717) is 13.1 Å². The minimum absolute atomic E-state index is 0.0689. The highest BCUT2D eigenvalue weighted by molar-refractivity contribution is 5.96. The van der Waals surface area contributed by atoms with Crippen LogP contribution in [0.3, 0.4) is 0 Å². The third-order valence-corrected chi connectivity index (χ3v) is 3.06. The average Bonchev–Trinajstić information content (AvgIpc) is 2.34. The lowest BCUT2D eigenvalue weighted by atomic mass is 10.0. The Morgan fingerprint density at radius 3 is 2.79 bits per heavy atom. The van der Waals surface area contributed by atoms with Gasteiger partial charge in [-0.3, -0.25) is 9.59 Å². The summed E-state index contributed by atoms with van der Waals surface area (Å²) in [5, 5.41) is 11.3. The smallest absolute Gasteiger partial charge is 0.251 e. The molecule has 0 aromatic heterocycles. The standard InChI is InChI=1S/C13H15FN2O3/c14-11-3-1-2-10(4-11)13(19)15-5-12(18)16-6-9(7-16)8-17/h1-4,9,17H,5-8H2,(H,15,19). The van der Waals surface area contributed by atoms with Crippen molar-refractivity contribution in [2.45, 2.75) is 0 Å². The number of aliphatic hydroxyl groups excluding tert-OH is 1. The molecule has 0 unspecified atom stereocenters. The van der Waals surface area contributed by atoms with Crippen LogP contribution in [0.25, 0.3) is 0 Å². The number of hydrogen-bond acceptors (Lipinski definition) is 3. The Labute approximate surface area is 110 Å². The van der Waals surface area contributed by atoms with Gasteiger partial charge in [-0.2, -0.15) is 0 Å². The molecule has 5 nitrogen and oxygen atoms in total. The Hall–Kier alpha value is -1.95. The molecule has 0 saturated carbocycles. The van der Waals surface area contributed by atoms with Gasteiger partial charge in [0.05, 0.1) is 6.54 Å². The number of halogens is 1. The van der Waals surface area contributed by atoms with Crippen molar-refractivity contribution in [3.63, 3.8) is 0 Å². The first-order valence-electron chi connectivity index (χ1n) is 6.02. The van der Waals surface area contributed by atoms with Crippen LogP contribution >= 0.6 is 0 Å². The minimum Gasteiger partial charge on any atom is -0.396 e. The molecule has 6 heteroatoms. The van der Waals surface area contributed by atoms with Gasteiger partial charge < -0.3 is 15.3 Å². The van der Waals surface area contributed by atoms with Crippen LogP contribution in [0.5, 0.6) is 0 Å². The Morgan fingerprint density at radius 2 is 2.16 bits per heavy atom. The molecular formula is C13H15FN2O3. The van der Waals surface area contributed by atoms with Crippen LogP contribution in [-0.2, 0) is 4.79 Å². The predicted octanol–water partition coefficient (Wildman–Crippen LogP) is 0.00620. The molecule has 19 heavy (non-hydrogen) atoms. The van der Waals surface area contributed by atoms with Crippen molar-refractivity contribution in [1.82, 2.24) is 10.2 Å². The third-order valence-electron chi connectivity index (χ3n) is 3.06. The lowest BCUT2D eigenvalue weighted by molar-refractivity contribution is -0.137. The fourth-order valence-corrected chi connectivity index (χ4v) is 1.89. The third kappa shape index (κ3) is 3.29. The molecule has 1 aliphatic rings. The maximum Gasteiger partial charge on any atom is 0.251 e. The van der Waals surface area contributed by atoms with E-state index in [9.17, 15) is 14.0 Å². The molecular weight excluding hydrogens is 251 g/mol. The van der Waals surface area contributed by atoms with Crippen molar-refractivity contribution in [3.8, 4) is 0 Å². The molecule has 102 valence electrons. The largest absolute Gasteiger partial charge is 0.396 e. The number of carbonyl (C=O) groups is 2. The number of aliphatic hydroxyl groups is 1. The molecule has 0 spiro atoms. The maximum absolute atomic E-state index is 12.9. The van der Waals surface area contributed by atoms with Crippen LogP contribution in [0.4, 0.5) is 4.39 Å². The molecule has 0 bridgehead atoms. The molecule has 1 aliphatic heterocycles. The maximum atomic E-state index is 12.9. The van der Waals surface area contributed by atoms with Gasteiger partial charge in [-0.1, -0.05) is 6.07 Å². The highest BCUT2D eigenvalue weighted by atomic mass is 19.1. The van der Waals surface area contributed by atoms with Gasteiger partial charge in [0.1, 0.15) is 5.82 Å². The second-order valence-corrected chi connectivity index (χ2v) is 4.54. The minimum atomic E-state index is -0.493. The molecule has 1 heterocycles. The van der Waals surface area contributed by atoms with E-state index in [4.69, 9.17) is 5.11 Å². The number of carbonyl (C=O) groups excluding carboxylic acids is 2. The van der Waals surface area contributed by atoms with E-state index in [1.54, 1.807) is 4.90 Å². The van der Waals surface area contributed by atoms with Gasteiger partial charge >= 0.3 is 0 Å². The molecule has 1 aromatic carbocycles. The monoisotopic (exact) mass is 266 g/mol. The molecule has 1 aromatic rings. The summed E-state index contributed by atoms with van der Waals surface area (Å²) < 4.78 is 12.9. The Morgan fingerprint density at radius 1 is 1.42 bits per heavy atom. The molecule has 2 amide bonds. The summed E-state index contributed by atoms with van der Waals surface area (Å²) in [5.74, 6) is -1.03. The van der Waals surface area contributed by atoms with E-state index in [-0.39, 0.29) is 30.5 Å². The number of nitrogens with one attached hydrogen (secondary N) is 1. The van der Waals surface area contributed by atoms with E-state index < -0.39 is 11.7 Å². The van der Waals surface area contributed by atoms with Crippen LogP contribution in [0.2, 0.25) is 0 Å². The molecule has 2 rings (SSSR count). The van der Waals surface area contributed by atoms with Crippen molar-refractivity contribution in [3.05, 3.63) is 35.6 Å². The fraction of sp³-hybridized carbons (Fsp3) is 0.385. The summed E-state index contributed by atoms with van der Waals surface area (Å²) in [6.07, 6.45) is 0. The first-order chi connectivity index (χ1) is 9.10. The van der Waals surface area contributed by atoms with E-state index in [2.05, 4.69) is 5.32 Å². The summed E-state index contributed by atoms with van der Waals surface area (Å²) in [6, 6.07) is 5.28. The van der Waals surface area contributed by atoms with Gasteiger partial charge in [-0.15, -0.1) is 0 Å². The average molecular weight is 266 g/mol. The lowest BCUT2D eigenvalue weighted by Gasteiger charge is -2.38. The lowest BCUT2D eigenvalue weighted by Crippen LogP contribution is -2.54. The number of likely N-dealkylation sites (tertiary alicyclic amines) is 1. The topological polar surface area (TPSA) is 69.6 Å². The number of nitrogens with zero attached hydrogens (tertiary/aromatic N) is 1. The van der Waals surface area contributed by atoms with E-state index in [0.717, 1.165) is 6.07 Å². The Kier molecular flexibility index (Phi) is 4.11. The van der Waals surface area contributed by atoms with Crippen molar-refractivity contribution >= 4 is 11.8 Å². The number of hydrogen-bond donors (Lipinski definition) is 2. The van der Waals surface area contributed by atoms with Gasteiger partial charge in [-0.05, 0) is 18.2 Å². The van der Waals surface area contributed by atoms with Crippen molar-refractivity contribution in [2.75, 3.05) is 26.2 Å². The number of rotatable bonds is 4. The van der Waals surface area contributed by atoms with Crippen LogP contribution in [0.15, 0.2) is 24.3 Å². The summed E-state index contributed by atoms with van der Waals surface area (Å²) in [7, 11) is 0. The zero-order valence-electron chi connectivity index (χ0n) is 10.3. The SMILES string of the molecule is O=C(NCC(=O)N1CC(CO)C1)c1cccc(F)c1. The Bertz CT molecular complexity index is 487. The summed E-state index contributed by atoms with van der Waals surface area (Å²) in [6.45, 7) is 0.989. The second-order valence-electron chi connectivity index (χ2n) is 4.54. The highest BCUT2D eigenvalue weighted by Gasteiger charge is 2.29. The van der Waals surface area contributed by atoms with Gasteiger partial charge in [0.25, 0.3) is 5.91 Å². The first kappa shape index (κ1) is 13.5. The van der Waals surface area contributed by atoms with Crippen molar-refractivity contribution in [2.24, 2.45) is 5.92 Å². The van der Waals surface area contributed by atoms with Crippen molar-refractivity contribution < 1.29 is 19.1 Å². The molecule has 0 atom stereocenters. The fourth-order valence-electron chi connectivity index (χ4n) is 1.89. The first-order valence-corrected chi connectivity index (χ1v) is 6.02. The zero-order valence-corrected chi connectivity index (χ0v) is 10.3. The van der Waals surface area contributed by atoms with E-state index >= 15 is 0 Å². The van der Waals surface area contributed by atoms with E-state index in [1.807, 2.05) is 0 Å². The van der Waals surface area contributed by atoms with Crippen LogP contribution in [-0.4, -0.2) is 48.1 Å². The molecule has 0 aliphatic carbocycles. The normalized spacial score (nSPS) is 14.9. The Balaban J connectivity index is 1.79. The van der Waals surface area contributed by atoms with Gasteiger partial charge in [0.15, 0.2) is 0 Å². The second kappa shape index (κ2) is 5.79. The van der Waals surface area contributed by atoms with Crippen LogP contribution in [0, 0.1) is 11.7 Å². The quantitative estimate of drug-likeness (QED) is 0.806. The molecule has 1 saturated heterocycles. The zero-order chi connectivity index (χ0) is 13.8. The molecule has 0 radical (unpaired) electrons. The van der Waals surface area contributed by atoms with Crippen molar-refractivity contribution in [1.29, 1.82) is 0 Å². The summed E-state index contributed by atoms with van der Waals surface area (Å²) >= 11 is 0. The number of amides is 2. The van der Waals surface area contributed by atoms with Crippen LogP contribution in [0.1, 0.15) is 10.4 Å². The summed E-state index contributed by atoms with van der Waals surface area (Å²) in [5.41, 5.74) is 0.185. The van der Waals surface area contributed by atoms with Gasteiger partial charge in [0.2, 0.25) is 5.91 Å². The highest BCUT2D eigenvalue weighted by Crippen LogP contribution is 2.14. The van der Waals surface area contributed by atoms with Gasteiger partial charge in [0, 0.05) is 31.2 Å². The van der Waals surface area contributed by atoms with Crippen LogP contribution < -0.4 is 5.32 Å². The van der Waals surface area contributed by atoms with E-state index in [1.165, 1.54) is 18.2 Å². The summed E-state index contributed by atoms with van der Waals surface area (Å²) in [4.78, 5) is 24.9. The number of benzene rings is 1. The molecule has 1 fully saturated rings.